The van der Waals surface area contributed by atoms with Crippen molar-refractivity contribution in [1.82, 2.24) is 9.97 Å². The van der Waals surface area contributed by atoms with Crippen LogP contribution in [-0.4, -0.2) is 49.4 Å². The molecule has 37 heavy (non-hydrogen) atoms. The minimum atomic E-state index is -1.23. The summed E-state index contributed by atoms with van der Waals surface area (Å²) in [6.45, 7) is 5.51. The number of nitrogens with zero attached hydrogens (tertiary/aromatic N) is 3. The molecule has 0 bridgehead atoms. The van der Waals surface area contributed by atoms with Crippen molar-refractivity contribution in [3.63, 3.8) is 0 Å². The number of carbonyl (C=O) groups excluding carboxylic acids is 2. The quantitative estimate of drug-likeness (QED) is 0.217. The smallest absolute Gasteiger partial charge is 0.548 e. The fraction of sp³-hybridized carbons (Fsp3) is 0.261. The Morgan fingerprint density at radius 3 is 1.57 bits per heavy atom. The van der Waals surface area contributed by atoms with E-state index in [4.69, 9.17) is 11.5 Å². The Balaban J connectivity index is -0.000000552. The van der Waals surface area contributed by atoms with Crippen LogP contribution in [0.1, 0.15) is 27.7 Å². The second-order valence-electron chi connectivity index (χ2n) is 8.41. The molecule has 1 heterocycles. The van der Waals surface area contributed by atoms with Crippen molar-refractivity contribution in [2.24, 2.45) is 16.6 Å². The molecule has 13 nitrogen and oxygen atoms in total. The molecule has 0 unspecified atom stereocenters. The van der Waals surface area contributed by atoms with Crippen molar-refractivity contribution in [3.8, 4) is 0 Å². The molecule has 0 radical (unpaired) electrons. The third-order valence-electron chi connectivity index (χ3n) is 4.38. The molecule has 1 aromatic heterocycles. The number of nitroso groups, excluding NO2 is 1. The normalized spacial score (nSPS) is 10.1. The number of aromatic nitrogens is 2. The molecule has 0 saturated heterocycles. The number of benzene rings is 2. The number of para-hydroxylation sites is 2. The standard InChI is InChI=1S/C15H8N3O.2C4H9NO2.Co.3H2O/c19-18-14-10-6-2-1-5-9(10)13-15(14)17-12-8-4-3-7-11(12)16-13;2*1-4(2,5)3(6)7;;;;/h1-8H;2*5H2,1-2H3,(H,6,7);;3*1H2/q-1;;;+3;;;/p-2. The Bertz CT molecular complexity index is 1310. The Morgan fingerprint density at radius 2 is 1.19 bits per heavy atom. The van der Waals surface area contributed by atoms with E-state index in [1.807, 2.05) is 48.5 Å². The topological polar surface area (TPSA) is 282 Å². The average molecular weight is 563 g/mol. The van der Waals surface area contributed by atoms with Crippen LogP contribution < -0.4 is 21.7 Å². The van der Waals surface area contributed by atoms with Crippen molar-refractivity contribution in [3.05, 3.63) is 53.4 Å². The van der Waals surface area contributed by atoms with Crippen LogP contribution in [0.2, 0.25) is 0 Å². The van der Waals surface area contributed by atoms with Gasteiger partial charge in [-0.3, -0.25) is 9.97 Å². The third-order valence-corrected chi connectivity index (χ3v) is 4.38. The van der Waals surface area contributed by atoms with Gasteiger partial charge in [-0.1, -0.05) is 22.9 Å². The number of carboxylic acids is 2. The Labute approximate surface area is 222 Å². The minimum absolute atomic E-state index is 0. The molecule has 3 aromatic carbocycles. The van der Waals surface area contributed by atoms with Gasteiger partial charge in [0.2, 0.25) is 0 Å². The molecule has 0 spiro atoms. The van der Waals surface area contributed by atoms with Crippen LogP contribution in [0.25, 0.3) is 32.8 Å². The van der Waals surface area contributed by atoms with Crippen LogP contribution in [0, 0.1) is 4.91 Å². The zero-order chi connectivity index (χ0) is 25.0. The predicted molar refractivity (Wildman–Crippen MR) is 133 cm³/mol. The van der Waals surface area contributed by atoms with Crippen molar-refractivity contribution in [2.75, 3.05) is 0 Å². The summed E-state index contributed by atoms with van der Waals surface area (Å²) in [5.74, 6) is -2.46. The van der Waals surface area contributed by atoms with Crippen LogP contribution in [0.3, 0.4) is 0 Å². The number of hydrogen-bond donors (Lipinski definition) is 2. The number of hydrogen-bond acceptors (Lipinski definition) is 10. The van der Waals surface area contributed by atoms with E-state index >= 15 is 0 Å². The van der Waals surface area contributed by atoms with Gasteiger partial charge in [-0.05, 0) is 45.0 Å². The first kappa shape index (κ1) is 38.0. The summed E-state index contributed by atoms with van der Waals surface area (Å²) < 4.78 is 0. The van der Waals surface area contributed by atoms with Gasteiger partial charge >= 0.3 is 16.8 Å². The minimum Gasteiger partial charge on any atom is -0.548 e. The second kappa shape index (κ2) is 14.9. The van der Waals surface area contributed by atoms with E-state index in [-0.39, 0.29) is 33.2 Å². The first-order valence-corrected chi connectivity index (χ1v) is 9.85. The van der Waals surface area contributed by atoms with Gasteiger partial charge < -0.3 is 47.7 Å². The van der Waals surface area contributed by atoms with Crippen LogP contribution in [0.4, 0.5) is 5.69 Å². The summed E-state index contributed by atoms with van der Waals surface area (Å²) in [6, 6.07) is 15.2. The second-order valence-corrected chi connectivity index (χ2v) is 8.41. The van der Waals surface area contributed by atoms with E-state index < -0.39 is 23.0 Å². The van der Waals surface area contributed by atoms with E-state index in [1.54, 1.807) is 0 Å². The van der Waals surface area contributed by atoms with Crippen LogP contribution >= 0.6 is 0 Å². The molecule has 204 valence electrons. The summed E-state index contributed by atoms with van der Waals surface area (Å²) >= 11 is 0. The van der Waals surface area contributed by atoms with Gasteiger partial charge in [0.25, 0.3) is 0 Å². The molecule has 0 aliphatic carbocycles. The number of carbonyl (C=O) groups is 2. The first-order valence-electron chi connectivity index (χ1n) is 9.85. The average Bonchev–Trinajstić information content (AvgIpc) is 3.04. The van der Waals surface area contributed by atoms with Gasteiger partial charge in [0, 0.05) is 22.1 Å². The van der Waals surface area contributed by atoms with E-state index in [2.05, 4.69) is 15.1 Å². The largest absolute Gasteiger partial charge is 3.00 e. The Kier molecular flexibility index (Phi) is 15.3. The molecule has 4 aromatic rings. The summed E-state index contributed by atoms with van der Waals surface area (Å²) in [5, 5.41) is 24.4. The monoisotopic (exact) mass is 563 g/mol. The number of nitrogens with two attached hydrogens (primary N) is 2. The van der Waals surface area contributed by atoms with Gasteiger partial charge in [0.1, 0.15) is 0 Å². The number of rotatable bonds is 3. The van der Waals surface area contributed by atoms with Gasteiger partial charge in [-0.2, -0.15) is 0 Å². The predicted octanol–water partition coefficient (Wildman–Crippen LogP) is -1.48. The molecule has 10 N–H and O–H groups in total. The van der Waals surface area contributed by atoms with Gasteiger partial charge in [0.05, 0.1) is 28.7 Å². The molecular weight excluding hydrogens is 533 g/mol. The summed E-state index contributed by atoms with van der Waals surface area (Å²) in [6.07, 6.45) is 0. The van der Waals surface area contributed by atoms with Crippen LogP contribution in [0.15, 0.2) is 53.7 Å². The van der Waals surface area contributed by atoms with E-state index in [9.17, 15) is 24.7 Å². The first-order chi connectivity index (χ1) is 15.3. The summed E-state index contributed by atoms with van der Waals surface area (Å²) in [5.41, 5.74) is 10.9. The van der Waals surface area contributed by atoms with Crippen LogP contribution in [-0.2, 0) is 26.4 Å². The molecule has 0 saturated carbocycles. The summed E-state index contributed by atoms with van der Waals surface area (Å²) in [4.78, 5) is 39.8. The van der Waals surface area contributed by atoms with Crippen LogP contribution in [0.5, 0.6) is 0 Å². The number of carboxylic acid groups (broad SMARTS) is 2. The zero-order valence-electron chi connectivity index (χ0n) is 20.5. The molecule has 0 aliphatic rings. The number of fused-ring (bicyclic) bond motifs is 4. The molecule has 0 aliphatic heterocycles. The maximum absolute atomic E-state index is 11.1. The van der Waals surface area contributed by atoms with Crippen molar-refractivity contribution in [1.29, 1.82) is 0 Å². The number of aliphatic carboxylic acids is 2. The zero-order valence-corrected chi connectivity index (χ0v) is 21.5. The summed E-state index contributed by atoms with van der Waals surface area (Å²) in [7, 11) is 0. The van der Waals surface area contributed by atoms with Crippen molar-refractivity contribution in [2.45, 2.75) is 38.8 Å². The molecule has 4 rings (SSSR count). The molecule has 0 fully saturated rings. The maximum Gasteiger partial charge on any atom is 3.00 e. The molecular formula is C23H30CoN5O8. The van der Waals surface area contributed by atoms with Gasteiger partial charge in [-0.15, -0.1) is 29.2 Å². The van der Waals surface area contributed by atoms with Crippen molar-refractivity contribution >= 4 is 50.5 Å². The van der Waals surface area contributed by atoms with Crippen molar-refractivity contribution < 1.29 is 53.0 Å². The third kappa shape index (κ3) is 9.47. The van der Waals surface area contributed by atoms with E-state index in [1.165, 1.54) is 27.7 Å². The maximum atomic E-state index is 11.1. The fourth-order valence-electron chi connectivity index (χ4n) is 2.47. The molecule has 0 atom stereocenters. The Morgan fingerprint density at radius 1 is 0.811 bits per heavy atom. The van der Waals surface area contributed by atoms with E-state index in [0.29, 0.717) is 11.2 Å². The molecule has 14 heteroatoms. The SMILES string of the molecule is CC(C)(N)C(=O)[O-].CC(C)(N)C(=O)[O-].O.O.O.O=Nc1c2nc3ccccc3nc2c2cccc[c-]12.[Co+3]. The van der Waals surface area contributed by atoms with Gasteiger partial charge in [-0.25, -0.2) is 0 Å². The molecule has 0 amide bonds. The fourth-order valence-corrected chi connectivity index (χ4v) is 2.47. The van der Waals surface area contributed by atoms with Gasteiger partial charge in [0.15, 0.2) is 0 Å². The Hall–Kier alpha value is -3.50. The van der Waals surface area contributed by atoms with E-state index in [0.717, 1.165) is 27.3 Å².